The Labute approximate surface area is 133 Å². The van der Waals surface area contributed by atoms with Crippen molar-refractivity contribution >= 4 is 17.4 Å². The minimum absolute atomic E-state index is 0.336. The van der Waals surface area contributed by atoms with Gasteiger partial charge in [-0.2, -0.15) is 0 Å². The Bertz CT molecular complexity index is 783. The molecule has 2 N–H and O–H groups in total. The number of nitrogens with zero attached hydrogens (tertiary/aromatic N) is 4. The van der Waals surface area contributed by atoms with Gasteiger partial charge in [0.15, 0.2) is 0 Å². The van der Waals surface area contributed by atoms with E-state index < -0.39 is 0 Å². The van der Waals surface area contributed by atoms with E-state index in [0.717, 1.165) is 17.7 Å². The van der Waals surface area contributed by atoms with Gasteiger partial charge in [0.05, 0.1) is 18.1 Å². The molecule has 3 aromatic rings. The first-order chi connectivity index (χ1) is 11.2. The first-order valence-electron chi connectivity index (χ1n) is 7.22. The van der Waals surface area contributed by atoms with Crippen molar-refractivity contribution in [3.63, 3.8) is 0 Å². The summed E-state index contributed by atoms with van der Waals surface area (Å²) in [6, 6.07) is 7.39. The van der Waals surface area contributed by atoms with Crippen LogP contribution in [0, 0.1) is 0 Å². The predicted molar refractivity (Wildman–Crippen MR) is 87.6 cm³/mol. The summed E-state index contributed by atoms with van der Waals surface area (Å²) in [6.07, 6.45) is 9.01. The summed E-state index contributed by atoms with van der Waals surface area (Å²) in [5.41, 5.74) is 2.42. The Morgan fingerprint density at radius 1 is 1.17 bits per heavy atom. The summed E-state index contributed by atoms with van der Waals surface area (Å²) in [4.78, 5) is 24.3. The summed E-state index contributed by atoms with van der Waals surface area (Å²) in [5.74, 6) is 0.490. The highest BCUT2D eigenvalue weighted by Crippen LogP contribution is 2.12. The predicted octanol–water partition coefficient (Wildman–Crippen LogP) is 2.87. The fraction of sp³-hybridized carbons (Fsp3) is 0.125. The Hall–Kier alpha value is -3.22. The molecule has 0 spiro atoms. The molecule has 3 rings (SSSR count). The minimum Gasteiger partial charge on any atom is -0.308 e. The lowest BCUT2D eigenvalue weighted by Gasteiger charge is -2.08. The van der Waals surface area contributed by atoms with Gasteiger partial charge < -0.3 is 10.6 Å². The highest BCUT2D eigenvalue weighted by Gasteiger charge is 2.05. The Kier molecular flexibility index (Phi) is 4.28. The second-order valence-electron chi connectivity index (χ2n) is 4.87. The number of urea groups is 1. The Morgan fingerprint density at radius 3 is 2.65 bits per heavy atom. The van der Waals surface area contributed by atoms with Gasteiger partial charge in [0, 0.05) is 18.1 Å². The monoisotopic (exact) mass is 308 g/mol. The van der Waals surface area contributed by atoms with Gasteiger partial charge in [-0.25, -0.2) is 19.7 Å². The molecular formula is C16H16N6O. The molecule has 2 aromatic heterocycles. The molecule has 1 aromatic carbocycles. The van der Waals surface area contributed by atoms with Gasteiger partial charge in [0.25, 0.3) is 0 Å². The topological polar surface area (TPSA) is 84.7 Å². The molecule has 0 atom stereocenters. The van der Waals surface area contributed by atoms with Crippen LogP contribution in [0.2, 0.25) is 0 Å². The number of aryl methyl sites for hydroxylation is 1. The highest BCUT2D eigenvalue weighted by atomic mass is 16.2. The molecule has 116 valence electrons. The van der Waals surface area contributed by atoms with Gasteiger partial charge in [-0.15, -0.1) is 0 Å². The van der Waals surface area contributed by atoms with Crippen LogP contribution >= 0.6 is 0 Å². The van der Waals surface area contributed by atoms with Crippen molar-refractivity contribution in [2.75, 3.05) is 10.6 Å². The lowest BCUT2D eigenvalue weighted by atomic mass is 10.1. The van der Waals surface area contributed by atoms with E-state index >= 15 is 0 Å². The van der Waals surface area contributed by atoms with Gasteiger partial charge in [-0.05, 0) is 24.1 Å². The second kappa shape index (κ2) is 6.69. The number of imidazole rings is 1. The molecule has 0 aliphatic rings. The number of anilines is 2. The summed E-state index contributed by atoms with van der Waals surface area (Å²) in [7, 11) is 0. The van der Waals surface area contributed by atoms with E-state index in [1.54, 1.807) is 35.7 Å². The van der Waals surface area contributed by atoms with E-state index in [-0.39, 0.29) is 6.03 Å². The average Bonchev–Trinajstić information content (AvgIpc) is 3.10. The number of carbonyl (C=O) groups excluding carboxylic acids is 1. The second-order valence-corrected chi connectivity index (χ2v) is 4.87. The van der Waals surface area contributed by atoms with E-state index in [9.17, 15) is 4.79 Å². The van der Waals surface area contributed by atoms with Gasteiger partial charge in [0.1, 0.15) is 6.33 Å². The molecule has 0 unspecified atom stereocenters. The molecule has 2 heterocycles. The van der Waals surface area contributed by atoms with Crippen LogP contribution in [0.15, 0.2) is 55.4 Å². The number of nitrogens with one attached hydrogen (secondary N) is 2. The van der Waals surface area contributed by atoms with Gasteiger partial charge in [0.2, 0.25) is 5.95 Å². The zero-order valence-corrected chi connectivity index (χ0v) is 12.6. The molecule has 0 radical (unpaired) electrons. The standard InChI is InChI=1S/C16H16N6O/c1-2-12-4-3-5-13(8-12)20-16(23)21-14-9-18-15(19-10-14)22-7-6-17-11-22/h3-11H,2H2,1H3,(H2,20,21,23). The third-order valence-electron chi connectivity index (χ3n) is 3.22. The first kappa shape index (κ1) is 14.7. The fourth-order valence-corrected chi connectivity index (χ4v) is 2.06. The zero-order chi connectivity index (χ0) is 16.1. The normalized spacial score (nSPS) is 10.3. The summed E-state index contributed by atoms with van der Waals surface area (Å²) in [5, 5.41) is 5.49. The molecule has 7 nitrogen and oxygen atoms in total. The molecule has 0 bridgehead atoms. The van der Waals surface area contributed by atoms with Crippen LogP contribution in [0.4, 0.5) is 16.2 Å². The zero-order valence-electron chi connectivity index (χ0n) is 12.6. The van der Waals surface area contributed by atoms with E-state index in [2.05, 4.69) is 32.5 Å². The van der Waals surface area contributed by atoms with Gasteiger partial charge in [-0.3, -0.25) is 4.57 Å². The van der Waals surface area contributed by atoms with Crippen molar-refractivity contribution in [3.05, 3.63) is 60.9 Å². The van der Waals surface area contributed by atoms with Crippen molar-refractivity contribution in [3.8, 4) is 5.95 Å². The molecule has 0 saturated carbocycles. The maximum Gasteiger partial charge on any atom is 0.323 e. The molecule has 0 saturated heterocycles. The number of amides is 2. The first-order valence-corrected chi connectivity index (χ1v) is 7.22. The number of benzene rings is 1. The third-order valence-corrected chi connectivity index (χ3v) is 3.22. The third kappa shape index (κ3) is 3.70. The average molecular weight is 308 g/mol. The van der Waals surface area contributed by atoms with Crippen molar-refractivity contribution in [2.45, 2.75) is 13.3 Å². The fourth-order valence-electron chi connectivity index (χ4n) is 2.06. The van der Waals surface area contributed by atoms with Crippen molar-refractivity contribution in [2.24, 2.45) is 0 Å². The number of hydrogen-bond acceptors (Lipinski definition) is 4. The SMILES string of the molecule is CCc1cccc(NC(=O)Nc2cnc(-n3ccnc3)nc2)c1. The number of rotatable bonds is 4. The van der Waals surface area contributed by atoms with Crippen LogP contribution in [0.1, 0.15) is 12.5 Å². The van der Waals surface area contributed by atoms with Gasteiger partial charge >= 0.3 is 6.03 Å². The summed E-state index contributed by atoms with van der Waals surface area (Å²) >= 11 is 0. The summed E-state index contributed by atoms with van der Waals surface area (Å²) in [6.45, 7) is 2.07. The number of aromatic nitrogens is 4. The number of hydrogen-bond donors (Lipinski definition) is 2. The van der Waals surface area contributed by atoms with Crippen LogP contribution in [-0.4, -0.2) is 25.6 Å². The van der Waals surface area contributed by atoms with Crippen LogP contribution in [0.3, 0.4) is 0 Å². The van der Waals surface area contributed by atoms with Crippen molar-refractivity contribution in [1.29, 1.82) is 0 Å². The van der Waals surface area contributed by atoms with Crippen LogP contribution < -0.4 is 10.6 Å². The molecule has 7 heteroatoms. The van der Waals surface area contributed by atoms with Crippen molar-refractivity contribution in [1.82, 2.24) is 19.5 Å². The lowest BCUT2D eigenvalue weighted by Crippen LogP contribution is -2.19. The minimum atomic E-state index is -0.336. The van der Waals surface area contributed by atoms with Crippen LogP contribution in [0.25, 0.3) is 5.95 Å². The van der Waals surface area contributed by atoms with E-state index in [1.807, 2.05) is 24.3 Å². The van der Waals surface area contributed by atoms with Crippen LogP contribution in [0.5, 0.6) is 0 Å². The molecule has 0 aliphatic heterocycles. The molecule has 2 amide bonds. The summed E-state index contributed by atoms with van der Waals surface area (Å²) < 4.78 is 1.68. The Morgan fingerprint density at radius 2 is 1.96 bits per heavy atom. The Balaban J connectivity index is 1.63. The largest absolute Gasteiger partial charge is 0.323 e. The van der Waals surface area contributed by atoms with Crippen molar-refractivity contribution < 1.29 is 4.79 Å². The van der Waals surface area contributed by atoms with Crippen LogP contribution in [-0.2, 0) is 6.42 Å². The maximum absolute atomic E-state index is 12.0. The van der Waals surface area contributed by atoms with Gasteiger partial charge in [-0.1, -0.05) is 19.1 Å². The molecule has 0 aliphatic carbocycles. The molecular weight excluding hydrogens is 292 g/mol. The maximum atomic E-state index is 12.0. The lowest BCUT2D eigenvalue weighted by molar-refractivity contribution is 0.262. The van der Waals surface area contributed by atoms with E-state index in [4.69, 9.17) is 0 Å². The molecule has 0 fully saturated rings. The highest BCUT2D eigenvalue weighted by molar-refractivity contribution is 5.99. The number of carbonyl (C=O) groups is 1. The van der Waals surface area contributed by atoms with E-state index in [1.165, 1.54) is 0 Å². The van der Waals surface area contributed by atoms with E-state index in [0.29, 0.717) is 11.6 Å². The molecule has 23 heavy (non-hydrogen) atoms. The quantitative estimate of drug-likeness (QED) is 0.776. The smallest absolute Gasteiger partial charge is 0.308 e.